The van der Waals surface area contributed by atoms with Crippen LogP contribution in [0.15, 0.2) is 16.6 Å². The van der Waals surface area contributed by atoms with Crippen molar-refractivity contribution < 1.29 is 14.3 Å². The molecule has 1 atom stereocenters. The standard InChI is InChI=1S/C12H15BrClNO3/c1-15(2)12(16)11(14)7-5-9(17-3)10(18-4)6-8(7)13/h5-6,11H,1-4H3. The van der Waals surface area contributed by atoms with E-state index in [2.05, 4.69) is 15.9 Å². The first-order valence-corrected chi connectivity index (χ1v) is 6.42. The zero-order chi connectivity index (χ0) is 13.9. The molecular weight excluding hydrogens is 321 g/mol. The first-order chi connectivity index (χ1) is 8.42. The van der Waals surface area contributed by atoms with Gasteiger partial charge < -0.3 is 14.4 Å². The number of hydrogen-bond acceptors (Lipinski definition) is 3. The number of benzene rings is 1. The second kappa shape index (κ2) is 6.29. The predicted molar refractivity (Wildman–Crippen MR) is 74.5 cm³/mol. The van der Waals surface area contributed by atoms with E-state index in [4.69, 9.17) is 21.1 Å². The van der Waals surface area contributed by atoms with Crippen LogP contribution in [0.4, 0.5) is 0 Å². The Morgan fingerprint density at radius 1 is 1.28 bits per heavy atom. The van der Waals surface area contributed by atoms with Crippen molar-refractivity contribution in [3.8, 4) is 11.5 Å². The molecule has 0 saturated carbocycles. The molecular formula is C12H15BrClNO3. The fraction of sp³-hybridized carbons (Fsp3) is 0.417. The summed E-state index contributed by atoms with van der Waals surface area (Å²) in [6.45, 7) is 0. The highest BCUT2D eigenvalue weighted by Gasteiger charge is 2.23. The normalized spacial score (nSPS) is 11.9. The Hall–Kier alpha value is -0.940. The third-order valence-electron chi connectivity index (χ3n) is 2.43. The van der Waals surface area contributed by atoms with Crippen LogP contribution in [-0.2, 0) is 4.79 Å². The highest BCUT2D eigenvalue weighted by atomic mass is 79.9. The van der Waals surface area contributed by atoms with Crippen molar-refractivity contribution in [3.63, 3.8) is 0 Å². The van der Waals surface area contributed by atoms with Crippen LogP contribution in [0.25, 0.3) is 0 Å². The molecule has 0 N–H and O–H groups in total. The zero-order valence-corrected chi connectivity index (χ0v) is 13.0. The molecule has 0 spiro atoms. The van der Waals surface area contributed by atoms with Crippen LogP contribution < -0.4 is 9.47 Å². The first-order valence-electron chi connectivity index (χ1n) is 5.19. The minimum absolute atomic E-state index is 0.190. The number of carbonyl (C=O) groups excluding carboxylic acids is 1. The maximum absolute atomic E-state index is 11.9. The second-order valence-corrected chi connectivity index (χ2v) is 5.11. The van der Waals surface area contributed by atoms with Gasteiger partial charge in [0.2, 0.25) is 5.91 Å². The highest BCUT2D eigenvalue weighted by molar-refractivity contribution is 9.10. The maximum atomic E-state index is 11.9. The highest BCUT2D eigenvalue weighted by Crippen LogP contribution is 2.38. The van der Waals surface area contributed by atoms with Crippen molar-refractivity contribution in [2.24, 2.45) is 0 Å². The van der Waals surface area contributed by atoms with Gasteiger partial charge in [0.15, 0.2) is 11.5 Å². The van der Waals surface area contributed by atoms with E-state index in [9.17, 15) is 4.79 Å². The van der Waals surface area contributed by atoms with Crippen molar-refractivity contribution in [1.82, 2.24) is 4.90 Å². The summed E-state index contributed by atoms with van der Waals surface area (Å²) in [5.74, 6) is 0.923. The van der Waals surface area contributed by atoms with E-state index in [0.717, 1.165) is 0 Å². The second-order valence-electron chi connectivity index (χ2n) is 3.82. The van der Waals surface area contributed by atoms with Crippen LogP contribution >= 0.6 is 27.5 Å². The Balaban J connectivity index is 3.21. The summed E-state index contributed by atoms with van der Waals surface area (Å²) >= 11 is 9.54. The van der Waals surface area contributed by atoms with Crippen molar-refractivity contribution in [1.29, 1.82) is 0 Å². The summed E-state index contributed by atoms with van der Waals surface area (Å²) in [5, 5.41) is -0.769. The Morgan fingerprint density at radius 3 is 2.22 bits per heavy atom. The lowest BCUT2D eigenvalue weighted by molar-refractivity contribution is -0.128. The number of nitrogens with zero attached hydrogens (tertiary/aromatic N) is 1. The van der Waals surface area contributed by atoms with Crippen LogP contribution in [0.2, 0.25) is 0 Å². The van der Waals surface area contributed by atoms with Gasteiger partial charge in [0.1, 0.15) is 5.38 Å². The molecule has 100 valence electrons. The summed E-state index contributed by atoms with van der Waals surface area (Å²) in [5.41, 5.74) is 0.646. The van der Waals surface area contributed by atoms with Crippen molar-refractivity contribution in [3.05, 3.63) is 22.2 Å². The average Bonchev–Trinajstić information content (AvgIpc) is 2.36. The molecule has 4 nitrogen and oxygen atoms in total. The third-order valence-corrected chi connectivity index (χ3v) is 3.54. The number of alkyl halides is 1. The largest absolute Gasteiger partial charge is 0.493 e. The van der Waals surface area contributed by atoms with Gasteiger partial charge in [0, 0.05) is 18.6 Å². The van der Waals surface area contributed by atoms with E-state index in [1.165, 1.54) is 12.0 Å². The quantitative estimate of drug-likeness (QED) is 0.794. The summed E-state index contributed by atoms with van der Waals surface area (Å²) in [4.78, 5) is 13.3. The van der Waals surface area contributed by atoms with Crippen molar-refractivity contribution in [2.45, 2.75) is 5.38 Å². The zero-order valence-electron chi connectivity index (χ0n) is 10.7. The number of halogens is 2. The molecule has 0 saturated heterocycles. The number of methoxy groups -OCH3 is 2. The lowest BCUT2D eigenvalue weighted by Gasteiger charge is -2.18. The smallest absolute Gasteiger partial charge is 0.244 e. The van der Waals surface area contributed by atoms with E-state index in [1.54, 1.807) is 33.3 Å². The molecule has 0 aliphatic heterocycles. The molecule has 1 aromatic rings. The Kier molecular flexibility index (Phi) is 5.28. The lowest BCUT2D eigenvalue weighted by Crippen LogP contribution is -2.25. The van der Waals surface area contributed by atoms with Crippen LogP contribution in [-0.4, -0.2) is 39.1 Å². The Morgan fingerprint density at radius 2 is 1.78 bits per heavy atom. The van der Waals surface area contributed by atoms with Crippen LogP contribution in [0.3, 0.4) is 0 Å². The van der Waals surface area contributed by atoms with Crippen LogP contribution in [0.5, 0.6) is 11.5 Å². The molecule has 0 aliphatic rings. The molecule has 1 rings (SSSR count). The minimum atomic E-state index is -0.769. The molecule has 1 amide bonds. The van der Waals surface area contributed by atoms with Crippen molar-refractivity contribution in [2.75, 3.05) is 28.3 Å². The van der Waals surface area contributed by atoms with Gasteiger partial charge >= 0.3 is 0 Å². The molecule has 18 heavy (non-hydrogen) atoms. The lowest BCUT2D eigenvalue weighted by atomic mass is 10.1. The molecule has 6 heteroatoms. The van der Waals surface area contributed by atoms with Gasteiger partial charge in [-0.15, -0.1) is 11.6 Å². The SMILES string of the molecule is COc1cc(Br)c(C(Cl)C(=O)N(C)C)cc1OC. The predicted octanol–water partition coefficient (Wildman–Crippen LogP) is 2.83. The van der Waals surface area contributed by atoms with Gasteiger partial charge in [0.25, 0.3) is 0 Å². The van der Waals surface area contributed by atoms with Gasteiger partial charge in [-0.25, -0.2) is 0 Å². The van der Waals surface area contributed by atoms with E-state index in [1.807, 2.05) is 0 Å². The molecule has 0 aromatic heterocycles. The number of likely N-dealkylation sites (N-methyl/N-ethyl adjacent to an activating group) is 1. The van der Waals surface area contributed by atoms with E-state index in [0.29, 0.717) is 21.5 Å². The number of hydrogen-bond donors (Lipinski definition) is 0. The van der Waals surface area contributed by atoms with Gasteiger partial charge in [-0.3, -0.25) is 4.79 Å². The Bertz CT molecular complexity index is 451. The van der Waals surface area contributed by atoms with E-state index < -0.39 is 5.38 Å². The fourth-order valence-electron chi connectivity index (χ4n) is 1.42. The molecule has 0 aliphatic carbocycles. The topological polar surface area (TPSA) is 38.8 Å². The minimum Gasteiger partial charge on any atom is -0.493 e. The summed E-state index contributed by atoms with van der Waals surface area (Å²) in [6.07, 6.45) is 0. The van der Waals surface area contributed by atoms with Gasteiger partial charge in [-0.1, -0.05) is 15.9 Å². The summed E-state index contributed by atoms with van der Waals surface area (Å²) in [6, 6.07) is 3.43. The molecule has 1 aromatic carbocycles. The maximum Gasteiger partial charge on any atom is 0.244 e. The van der Waals surface area contributed by atoms with Crippen molar-refractivity contribution >= 4 is 33.4 Å². The van der Waals surface area contributed by atoms with Crippen LogP contribution in [0, 0.1) is 0 Å². The van der Waals surface area contributed by atoms with E-state index >= 15 is 0 Å². The number of rotatable bonds is 4. The first kappa shape index (κ1) is 15.1. The van der Waals surface area contributed by atoms with Gasteiger partial charge in [-0.2, -0.15) is 0 Å². The monoisotopic (exact) mass is 335 g/mol. The fourth-order valence-corrected chi connectivity index (χ4v) is 2.48. The van der Waals surface area contributed by atoms with Gasteiger partial charge in [-0.05, 0) is 17.7 Å². The molecule has 0 bridgehead atoms. The molecule has 0 heterocycles. The summed E-state index contributed by atoms with van der Waals surface area (Å²) < 4.78 is 11.1. The van der Waals surface area contributed by atoms with E-state index in [-0.39, 0.29) is 5.91 Å². The molecule has 0 fully saturated rings. The molecule has 0 radical (unpaired) electrons. The van der Waals surface area contributed by atoms with Gasteiger partial charge in [0.05, 0.1) is 14.2 Å². The average molecular weight is 337 g/mol. The molecule has 1 unspecified atom stereocenters. The third kappa shape index (κ3) is 3.09. The Labute approximate surface area is 120 Å². The number of ether oxygens (including phenoxy) is 2. The van der Waals surface area contributed by atoms with Crippen LogP contribution in [0.1, 0.15) is 10.9 Å². The number of carbonyl (C=O) groups is 1. The summed E-state index contributed by atoms with van der Waals surface area (Å²) in [7, 11) is 6.40. The number of amides is 1.